The van der Waals surface area contributed by atoms with Gasteiger partial charge in [-0.3, -0.25) is 14.9 Å². The van der Waals surface area contributed by atoms with E-state index < -0.39 is 0 Å². The highest BCUT2D eigenvalue weighted by Gasteiger charge is 2.08. The Kier molecular flexibility index (Phi) is 3.41. The zero-order valence-corrected chi connectivity index (χ0v) is 10.4. The summed E-state index contributed by atoms with van der Waals surface area (Å²) in [4.78, 5) is 30.1. The summed E-state index contributed by atoms with van der Waals surface area (Å²) in [5.74, 6) is 0.405. The largest absolute Gasteiger partial charge is 0.324 e. The maximum absolute atomic E-state index is 11.6. The van der Waals surface area contributed by atoms with E-state index in [1.165, 1.54) is 0 Å². The number of fused-ring (bicyclic) bond motifs is 1. The van der Waals surface area contributed by atoms with Crippen LogP contribution in [0.1, 0.15) is 37.0 Å². The Morgan fingerprint density at radius 3 is 2.72 bits per heavy atom. The molecule has 5 nitrogen and oxygen atoms in total. The highest BCUT2D eigenvalue weighted by Crippen LogP contribution is 2.17. The van der Waals surface area contributed by atoms with E-state index in [0.29, 0.717) is 24.4 Å². The lowest BCUT2D eigenvalue weighted by molar-refractivity contribution is -0.115. The van der Waals surface area contributed by atoms with Crippen LogP contribution in [0.3, 0.4) is 0 Å². The SMILES string of the molecule is CCC(=O)Nc1nc2ccc(C(=O)CC)cc2[nH]1. The lowest BCUT2D eigenvalue weighted by Crippen LogP contribution is -2.10. The molecule has 0 saturated carbocycles. The van der Waals surface area contributed by atoms with Crippen molar-refractivity contribution in [1.82, 2.24) is 9.97 Å². The molecule has 94 valence electrons. The van der Waals surface area contributed by atoms with Crippen molar-refractivity contribution in [2.45, 2.75) is 26.7 Å². The molecule has 0 aliphatic heterocycles. The topological polar surface area (TPSA) is 74.8 Å². The monoisotopic (exact) mass is 245 g/mol. The average Bonchev–Trinajstić information content (AvgIpc) is 2.78. The highest BCUT2D eigenvalue weighted by atomic mass is 16.1. The molecule has 1 aromatic carbocycles. The summed E-state index contributed by atoms with van der Waals surface area (Å²) in [5.41, 5.74) is 2.14. The molecule has 0 spiro atoms. The van der Waals surface area contributed by atoms with Gasteiger partial charge in [0.05, 0.1) is 11.0 Å². The zero-order chi connectivity index (χ0) is 13.1. The molecule has 0 unspecified atom stereocenters. The zero-order valence-electron chi connectivity index (χ0n) is 10.4. The predicted molar refractivity (Wildman–Crippen MR) is 69.6 cm³/mol. The van der Waals surface area contributed by atoms with Gasteiger partial charge in [-0.1, -0.05) is 13.8 Å². The normalized spacial score (nSPS) is 10.6. The summed E-state index contributed by atoms with van der Waals surface area (Å²) in [6.07, 6.45) is 0.871. The number of H-pyrrole nitrogens is 1. The number of hydrogen-bond acceptors (Lipinski definition) is 3. The van der Waals surface area contributed by atoms with Gasteiger partial charge in [0.15, 0.2) is 5.78 Å². The number of carbonyl (C=O) groups excluding carboxylic acids is 2. The van der Waals surface area contributed by atoms with Crippen LogP contribution in [0, 0.1) is 0 Å². The molecule has 0 atom stereocenters. The van der Waals surface area contributed by atoms with Crippen LogP contribution in [0.5, 0.6) is 0 Å². The van der Waals surface area contributed by atoms with Gasteiger partial charge in [-0.2, -0.15) is 0 Å². The quantitative estimate of drug-likeness (QED) is 0.813. The standard InChI is InChI=1S/C13H15N3O2/c1-3-11(17)8-5-6-9-10(7-8)15-13(14-9)16-12(18)4-2/h5-7H,3-4H2,1-2H3,(H2,14,15,16,18). The van der Waals surface area contributed by atoms with E-state index in [1.54, 1.807) is 25.1 Å². The van der Waals surface area contributed by atoms with Gasteiger partial charge in [-0.05, 0) is 18.2 Å². The van der Waals surface area contributed by atoms with Crippen LogP contribution >= 0.6 is 0 Å². The third kappa shape index (κ3) is 2.40. The number of aromatic amines is 1. The lowest BCUT2D eigenvalue weighted by Gasteiger charge is -1.96. The smallest absolute Gasteiger partial charge is 0.226 e. The molecule has 5 heteroatoms. The van der Waals surface area contributed by atoms with Gasteiger partial charge in [-0.15, -0.1) is 0 Å². The maximum atomic E-state index is 11.6. The van der Waals surface area contributed by atoms with Crippen LogP contribution in [-0.2, 0) is 4.79 Å². The van der Waals surface area contributed by atoms with E-state index >= 15 is 0 Å². The molecule has 1 heterocycles. The number of nitrogens with one attached hydrogen (secondary N) is 2. The summed E-state index contributed by atoms with van der Waals surface area (Å²) in [6.45, 7) is 3.60. The summed E-state index contributed by atoms with van der Waals surface area (Å²) < 4.78 is 0. The maximum Gasteiger partial charge on any atom is 0.226 e. The first kappa shape index (κ1) is 12.3. The van der Waals surface area contributed by atoms with Crippen LogP contribution in [-0.4, -0.2) is 21.7 Å². The van der Waals surface area contributed by atoms with Crippen LogP contribution in [0.4, 0.5) is 5.95 Å². The molecule has 0 radical (unpaired) electrons. The van der Waals surface area contributed by atoms with Crippen LogP contribution < -0.4 is 5.32 Å². The molecule has 2 N–H and O–H groups in total. The Morgan fingerprint density at radius 1 is 1.28 bits per heavy atom. The second kappa shape index (κ2) is 5.00. The number of anilines is 1. The number of benzene rings is 1. The predicted octanol–water partition coefficient (Wildman–Crippen LogP) is 2.50. The van der Waals surface area contributed by atoms with Crippen molar-refractivity contribution in [1.29, 1.82) is 0 Å². The number of ketones is 1. The summed E-state index contributed by atoms with van der Waals surface area (Å²) in [7, 11) is 0. The average molecular weight is 245 g/mol. The Balaban J connectivity index is 2.33. The van der Waals surface area contributed by atoms with E-state index in [2.05, 4.69) is 15.3 Å². The molecule has 2 aromatic rings. The molecule has 0 saturated heterocycles. The van der Waals surface area contributed by atoms with Crippen molar-refractivity contribution < 1.29 is 9.59 Å². The fraction of sp³-hybridized carbons (Fsp3) is 0.308. The number of amides is 1. The second-order valence-corrected chi connectivity index (χ2v) is 4.00. The highest BCUT2D eigenvalue weighted by molar-refractivity contribution is 5.99. The summed E-state index contributed by atoms with van der Waals surface area (Å²) >= 11 is 0. The van der Waals surface area contributed by atoms with Gasteiger partial charge in [0, 0.05) is 18.4 Å². The third-order valence-electron chi connectivity index (χ3n) is 2.70. The Morgan fingerprint density at radius 2 is 2.06 bits per heavy atom. The second-order valence-electron chi connectivity index (χ2n) is 4.00. The number of rotatable bonds is 4. The van der Waals surface area contributed by atoms with Gasteiger partial charge < -0.3 is 4.98 Å². The van der Waals surface area contributed by atoms with Crippen LogP contribution in [0.2, 0.25) is 0 Å². The van der Waals surface area contributed by atoms with Gasteiger partial charge in [-0.25, -0.2) is 4.98 Å². The summed E-state index contributed by atoms with van der Waals surface area (Å²) in [6, 6.07) is 5.28. The third-order valence-corrected chi connectivity index (χ3v) is 2.70. The van der Waals surface area contributed by atoms with Gasteiger partial charge >= 0.3 is 0 Å². The molecule has 18 heavy (non-hydrogen) atoms. The van der Waals surface area contributed by atoms with Gasteiger partial charge in [0.25, 0.3) is 0 Å². The minimum atomic E-state index is -0.0982. The van der Waals surface area contributed by atoms with E-state index in [-0.39, 0.29) is 11.7 Å². The minimum Gasteiger partial charge on any atom is -0.324 e. The van der Waals surface area contributed by atoms with Crippen molar-refractivity contribution in [3.05, 3.63) is 23.8 Å². The van der Waals surface area contributed by atoms with Crippen molar-refractivity contribution in [2.24, 2.45) is 0 Å². The van der Waals surface area contributed by atoms with E-state index in [9.17, 15) is 9.59 Å². The first-order chi connectivity index (χ1) is 8.63. The van der Waals surface area contributed by atoms with E-state index in [1.807, 2.05) is 6.92 Å². The number of nitrogens with zero attached hydrogens (tertiary/aromatic N) is 1. The molecule has 0 aliphatic rings. The fourth-order valence-electron chi connectivity index (χ4n) is 1.67. The van der Waals surface area contributed by atoms with E-state index in [0.717, 1.165) is 11.0 Å². The molecular formula is C13H15N3O2. The van der Waals surface area contributed by atoms with Crippen molar-refractivity contribution in [2.75, 3.05) is 5.32 Å². The van der Waals surface area contributed by atoms with Crippen molar-refractivity contribution in [3.8, 4) is 0 Å². The minimum absolute atomic E-state index is 0.0886. The van der Waals surface area contributed by atoms with Crippen LogP contribution in [0.25, 0.3) is 11.0 Å². The molecule has 2 rings (SSSR count). The Bertz CT molecular complexity index is 601. The summed E-state index contributed by atoms with van der Waals surface area (Å²) in [5, 5.41) is 2.65. The van der Waals surface area contributed by atoms with Crippen molar-refractivity contribution >= 4 is 28.7 Å². The molecule has 1 amide bonds. The van der Waals surface area contributed by atoms with E-state index in [4.69, 9.17) is 0 Å². The number of Topliss-reactive ketones (excluding diaryl/α,β-unsaturated/α-hetero) is 1. The Hall–Kier alpha value is -2.17. The first-order valence-electron chi connectivity index (χ1n) is 5.96. The number of aromatic nitrogens is 2. The van der Waals surface area contributed by atoms with Crippen molar-refractivity contribution in [3.63, 3.8) is 0 Å². The number of carbonyl (C=O) groups is 2. The molecule has 0 fully saturated rings. The van der Waals surface area contributed by atoms with Gasteiger partial charge in [0.2, 0.25) is 11.9 Å². The fourth-order valence-corrected chi connectivity index (χ4v) is 1.67. The molecule has 0 bridgehead atoms. The Labute approximate surface area is 105 Å². The number of hydrogen-bond donors (Lipinski definition) is 2. The van der Waals surface area contributed by atoms with Gasteiger partial charge in [0.1, 0.15) is 0 Å². The molecule has 0 aliphatic carbocycles. The van der Waals surface area contributed by atoms with Crippen LogP contribution in [0.15, 0.2) is 18.2 Å². The number of imidazole rings is 1. The first-order valence-corrected chi connectivity index (χ1v) is 5.96. The molecular weight excluding hydrogens is 230 g/mol. The molecule has 1 aromatic heterocycles. The lowest BCUT2D eigenvalue weighted by atomic mass is 10.1.